The van der Waals surface area contributed by atoms with Crippen LogP contribution in [-0.4, -0.2) is 28.7 Å². The van der Waals surface area contributed by atoms with Gasteiger partial charge < -0.3 is 16.4 Å². The molecule has 0 saturated heterocycles. The average molecular weight is 392 g/mol. The lowest BCUT2D eigenvalue weighted by atomic mass is 9.90. The van der Waals surface area contributed by atoms with Gasteiger partial charge in [-0.3, -0.25) is 14.4 Å². The summed E-state index contributed by atoms with van der Waals surface area (Å²) >= 11 is 0. The highest BCUT2D eigenvalue weighted by atomic mass is 16.2. The number of hydrogen-bond donors (Lipinski definition) is 3. The zero-order valence-electron chi connectivity index (χ0n) is 16.7. The standard InChI is InChI=1S/C22H24N4O3/c1-10-7-17(10)26-22(29)14-8-18(25-20(12(14)3)21(23)28)11(2)13-5-4-6-16-15(13)9-19(27)24-16/h4-6,8,10-11,17H,7,9H2,1-3H3,(H2,23,28)(H,24,27)(H,26,29)/t10-,11?,17-/m0/s1. The number of carbonyl (C=O) groups excluding carboxylic acids is 3. The number of nitrogens with one attached hydrogen (secondary N) is 2. The monoisotopic (exact) mass is 392 g/mol. The van der Waals surface area contributed by atoms with Crippen LogP contribution < -0.4 is 16.4 Å². The van der Waals surface area contributed by atoms with Crippen molar-refractivity contribution in [2.75, 3.05) is 5.32 Å². The number of rotatable bonds is 5. The molecule has 1 aliphatic carbocycles. The molecule has 3 amide bonds. The van der Waals surface area contributed by atoms with E-state index in [4.69, 9.17) is 5.73 Å². The number of aromatic nitrogens is 1. The van der Waals surface area contributed by atoms with Gasteiger partial charge >= 0.3 is 0 Å². The Bertz CT molecular complexity index is 1050. The molecule has 2 heterocycles. The Balaban J connectivity index is 1.76. The maximum atomic E-state index is 12.8. The molecule has 4 N–H and O–H groups in total. The van der Waals surface area contributed by atoms with E-state index in [1.165, 1.54) is 0 Å². The molecule has 1 aliphatic heterocycles. The third-order valence-corrected chi connectivity index (χ3v) is 5.93. The maximum absolute atomic E-state index is 12.8. The summed E-state index contributed by atoms with van der Waals surface area (Å²) in [5, 5.41) is 5.85. The Kier molecular flexibility index (Phi) is 4.61. The van der Waals surface area contributed by atoms with Gasteiger partial charge in [-0.05, 0) is 48.1 Å². The molecule has 0 radical (unpaired) electrons. The highest BCUT2D eigenvalue weighted by molar-refractivity contribution is 6.01. The topological polar surface area (TPSA) is 114 Å². The van der Waals surface area contributed by atoms with Gasteiger partial charge in [0.2, 0.25) is 5.91 Å². The minimum atomic E-state index is -0.666. The summed E-state index contributed by atoms with van der Waals surface area (Å²) in [6.07, 6.45) is 1.26. The smallest absolute Gasteiger partial charge is 0.267 e. The van der Waals surface area contributed by atoms with Gasteiger partial charge in [0.1, 0.15) is 5.69 Å². The second-order valence-corrected chi connectivity index (χ2v) is 8.05. The van der Waals surface area contributed by atoms with E-state index in [0.717, 1.165) is 23.2 Å². The maximum Gasteiger partial charge on any atom is 0.267 e. The van der Waals surface area contributed by atoms with E-state index in [0.29, 0.717) is 29.2 Å². The molecule has 7 nitrogen and oxygen atoms in total. The first-order valence-electron chi connectivity index (χ1n) is 9.80. The Morgan fingerprint density at radius 1 is 1.34 bits per heavy atom. The number of amides is 3. The van der Waals surface area contributed by atoms with Crippen LogP contribution in [0.1, 0.15) is 69.4 Å². The van der Waals surface area contributed by atoms with E-state index in [1.807, 2.05) is 25.1 Å². The molecule has 1 aromatic heterocycles. The van der Waals surface area contributed by atoms with E-state index < -0.39 is 5.91 Å². The summed E-state index contributed by atoms with van der Waals surface area (Å²) in [6.45, 7) is 5.72. The Labute approximate surface area is 169 Å². The molecular weight excluding hydrogens is 368 g/mol. The van der Waals surface area contributed by atoms with Crippen LogP contribution in [0.5, 0.6) is 0 Å². The fourth-order valence-electron chi connectivity index (χ4n) is 3.93. The second-order valence-electron chi connectivity index (χ2n) is 8.05. The lowest BCUT2D eigenvalue weighted by molar-refractivity contribution is -0.115. The van der Waals surface area contributed by atoms with Gasteiger partial charge in [-0.25, -0.2) is 4.98 Å². The molecule has 1 fully saturated rings. The Morgan fingerprint density at radius 3 is 2.72 bits per heavy atom. The van der Waals surface area contributed by atoms with Gasteiger partial charge in [0, 0.05) is 28.9 Å². The molecule has 29 heavy (non-hydrogen) atoms. The van der Waals surface area contributed by atoms with Crippen molar-refractivity contribution in [3.05, 3.63) is 57.9 Å². The third-order valence-electron chi connectivity index (χ3n) is 5.93. The number of nitrogens with two attached hydrogens (primary N) is 1. The molecule has 2 aromatic rings. The summed E-state index contributed by atoms with van der Waals surface area (Å²) in [7, 11) is 0. The zero-order valence-corrected chi connectivity index (χ0v) is 16.7. The van der Waals surface area contributed by atoms with Crippen molar-refractivity contribution in [1.82, 2.24) is 10.3 Å². The van der Waals surface area contributed by atoms with Crippen molar-refractivity contribution < 1.29 is 14.4 Å². The van der Waals surface area contributed by atoms with E-state index in [-0.39, 0.29) is 29.5 Å². The third kappa shape index (κ3) is 3.48. The number of primary amides is 1. The van der Waals surface area contributed by atoms with Crippen LogP contribution in [-0.2, 0) is 11.2 Å². The molecule has 0 bridgehead atoms. The predicted molar refractivity (Wildman–Crippen MR) is 109 cm³/mol. The Hall–Kier alpha value is -3.22. The number of anilines is 1. The van der Waals surface area contributed by atoms with E-state index in [2.05, 4.69) is 22.5 Å². The number of benzene rings is 1. The van der Waals surface area contributed by atoms with Gasteiger partial charge in [-0.1, -0.05) is 26.0 Å². The van der Waals surface area contributed by atoms with E-state index in [1.54, 1.807) is 13.0 Å². The minimum absolute atomic E-state index is 0.0482. The predicted octanol–water partition coefficient (Wildman–Crippen LogP) is 2.27. The second kappa shape index (κ2) is 6.99. The van der Waals surface area contributed by atoms with Crippen LogP contribution >= 0.6 is 0 Å². The summed E-state index contributed by atoms with van der Waals surface area (Å²) in [6, 6.07) is 7.59. The number of carbonyl (C=O) groups is 3. The fraction of sp³-hybridized carbons (Fsp3) is 0.364. The van der Waals surface area contributed by atoms with Crippen molar-refractivity contribution in [3.8, 4) is 0 Å². The molecule has 3 atom stereocenters. The molecule has 4 rings (SSSR count). The van der Waals surface area contributed by atoms with Crippen molar-refractivity contribution in [3.63, 3.8) is 0 Å². The lowest BCUT2D eigenvalue weighted by Crippen LogP contribution is -2.29. The molecule has 7 heteroatoms. The summed E-state index contributed by atoms with van der Waals surface area (Å²) in [5.74, 6) is -0.686. The summed E-state index contributed by atoms with van der Waals surface area (Å²) in [5.41, 5.74) is 9.77. The molecule has 150 valence electrons. The molecule has 1 aromatic carbocycles. The highest BCUT2D eigenvalue weighted by Crippen LogP contribution is 2.35. The zero-order chi connectivity index (χ0) is 20.9. The van der Waals surface area contributed by atoms with Gasteiger partial charge in [0.15, 0.2) is 0 Å². The number of nitrogens with zero attached hydrogens (tertiary/aromatic N) is 1. The SMILES string of the molecule is Cc1c(C(=O)N[C@H]2C[C@@H]2C)cc(C(C)c2cccc3c2CC(=O)N3)nc1C(N)=O. The normalized spacial score (nSPS) is 20.6. The first-order chi connectivity index (χ1) is 13.8. The van der Waals surface area contributed by atoms with E-state index in [9.17, 15) is 14.4 Å². The van der Waals surface area contributed by atoms with Crippen molar-refractivity contribution in [1.29, 1.82) is 0 Å². The minimum Gasteiger partial charge on any atom is -0.364 e. The molecule has 2 aliphatic rings. The molecule has 1 unspecified atom stereocenters. The summed E-state index contributed by atoms with van der Waals surface area (Å²) < 4.78 is 0. The highest BCUT2D eigenvalue weighted by Gasteiger charge is 2.35. The van der Waals surface area contributed by atoms with Crippen molar-refractivity contribution in [2.24, 2.45) is 11.7 Å². The average Bonchev–Trinajstić information content (AvgIpc) is 3.21. The van der Waals surface area contributed by atoms with Crippen LogP contribution in [0.3, 0.4) is 0 Å². The van der Waals surface area contributed by atoms with Crippen LogP contribution in [0.4, 0.5) is 5.69 Å². The molecule has 1 saturated carbocycles. The summed E-state index contributed by atoms with van der Waals surface area (Å²) in [4.78, 5) is 41.2. The van der Waals surface area contributed by atoms with Gasteiger partial charge in [-0.15, -0.1) is 0 Å². The quantitative estimate of drug-likeness (QED) is 0.724. The largest absolute Gasteiger partial charge is 0.364 e. The van der Waals surface area contributed by atoms with Gasteiger partial charge in [0.05, 0.1) is 6.42 Å². The van der Waals surface area contributed by atoms with Crippen molar-refractivity contribution >= 4 is 23.4 Å². The first kappa shape index (κ1) is 19.1. The van der Waals surface area contributed by atoms with Crippen LogP contribution in [0.15, 0.2) is 24.3 Å². The first-order valence-corrected chi connectivity index (χ1v) is 9.80. The Morgan fingerprint density at radius 2 is 2.07 bits per heavy atom. The number of pyridine rings is 1. The van der Waals surface area contributed by atoms with E-state index >= 15 is 0 Å². The van der Waals surface area contributed by atoms with Gasteiger partial charge in [0.25, 0.3) is 11.8 Å². The lowest BCUT2D eigenvalue weighted by Gasteiger charge is -2.18. The van der Waals surface area contributed by atoms with Crippen LogP contribution in [0.2, 0.25) is 0 Å². The van der Waals surface area contributed by atoms with Crippen molar-refractivity contribution in [2.45, 2.75) is 45.6 Å². The fourth-order valence-corrected chi connectivity index (χ4v) is 3.93. The number of hydrogen-bond acceptors (Lipinski definition) is 4. The molecule has 0 spiro atoms. The van der Waals surface area contributed by atoms with Crippen LogP contribution in [0, 0.1) is 12.8 Å². The van der Waals surface area contributed by atoms with Gasteiger partial charge in [-0.2, -0.15) is 0 Å². The number of fused-ring (bicyclic) bond motifs is 1. The van der Waals surface area contributed by atoms with Crippen LogP contribution in [0.25, 0.3) is 0 Å². The molecular formula is C22H24N4O3.